The van der Waals surface area contributed by atoms with Crippen LogP contribution in [-0.2, 0) is 4.79 Å². The molecule has 1 aliphatic rings. The van der Waals surface area contributed by atoms with Crippen molar-refractivity contribution >= 4 is 18.3 Å². The van der Waals surface area contributed by atoms with Crippen LogP contribution in [0.1, 0.15) is 49.8 Å². The summed E-state index contributed by atoms with van der Waals surface area (Å²) in [6.07, 6.45) is 4.57. The van der Waals surface area contributed by atoms with Crippen LogP contribution < -0.4 is 5.73 Å². The number of carbonyl (C=O) groups is 1. The average molecular weight is 311 g/mol. The molecule has 1 aromatic carbocycles. The lowest BCUT2D eigenvalue weighted by atomic mass is 9.98. The molecule has 2 rings (SSSR count). The van der Waals surface area contributed by atoms with Crippen molar-refractivity contribution in [2.45, 2.75) is 45.6 Å². The van der Waals surface area contributed by atoms with Crippen molar-refractivity contribution in [2.24, 2.45) is 11.7 Å². The molecule has 1 saturated heterocycles. The van der Waals surface area contributed by atoms with Gasteiger partial charge in [0.1, 0.15) is 0 Å². The lowest BCUT2D eigenvalue weighted by Gasteiger charge is -2.32. The summed E-state index contributed by atoms with van der Waals surface area (Å²) in [4.78, 5) is 14.7. The van der Waals surface area contributed by atoms with Crippen LogP contribution in [0.3, 0.4) is 0 Å². The minimum atomic E-state index is -0.0830. The van der Waals surface area contributed by atoms with Gasteiger partial charge < -0.3 is 10.6 Å². The zero-order valence-corrected chi connectivity index (χ0v) is 13.9. The fourth-order valence-electron chi connectivity index (χ4n) is 2.98. The molecule has 0 spiro atoms. The van der Waals surface area contributed by atoms with Gasteiger partial charge in [-0.2, -0.15) is 0 Å². The molecule has 1 aliphatic heterocycles. The molecular formula is C17H27ClN2O. The van der Waals surface area contributed by atoms with Gasteiger partial charge in [-0.1, -0.05) is 49.6 Å². The number of aryl methyl sites for hydroxylation is 1. The maximum atomic E-state index is 12.6. The fourth-order valence-corrected chi connectivity index (χ4v) is 2.98. The first-order chi connectivity index (χ1) is 9.63. The Morgan fingerprint density at radius 1 is 1.38 bits per heavy atom. The number of hydrogen-bond donors (Lipinski definition) is 1. The molecule has 1 heterocycles. The molecule has 1 aromatic rings. The largest absolute Gasteiger partial charge is 0.335 e. The summed E-state index contributed by atoms with van der Waals surface area (Å²) >= 11 is 0. The van der Waals surface area contributed by atoms with Gasteiger partial charge in [0.15, 0.2) is 0 Å². The molecule has 118 valence electrons. The van der Waals surface area contributed by atoms with Crippen molar-refractivity contribution < 1.29 is 4.79 Å². The molecular weight excluding hydrogens is 284 g/mol. The molecule has 1 amide bonds. The van der Waals surface area contributed by atoms with Crippen LogP contribution in [0, 0.1) is 12.8 Å². The van der Waals surface area contributed by atoms with E-state index in [1.54, 1.807) is 0 Å². The Morgan fingerprint density at radius 3 is 2.81 bits per heavy atom. The second-order valence-electron chi connectivity index (χ2n) is 5.95. The van der Waals surface area contributed by atoms with Crippen LogP contribution in [0.5, 0.6) is 0 Å². The second kappa shape index (κ2) is 8.40. The standard InChI is InChI=1S/C17H26N2O.ClH/c1-13-7-6-8-15(11-13)16-9-4-3-5-10-19(16)17(20)14(2)12-18;/h6-8,11,14,16H,3-5,9-10,12,18H2,1-2H3;1H. The molecule has 2 N–H and O–H groups in total. The van der Waals surface area contributed by atoms with E-state index in [0.29, 0.717) is 6.54 Å². The van der Waals surface area contributed by atoms with E-state index in [1.165, 1.54) is 24.0 Å². The Balaban J connectivity index is 0.00000220. The van der Waals surface area contributed by atoms with Gasteiger partial charge in [0.2, 0.25) is 5.91 Å². The molecule has 0 aliphatic carbocycles. The van der Waals surface area contributed by atoms with E-state index in [9.17, 15) is 4.79 Å². The van der Waals surface area contributed by atoms with Gasteiger partial charge in [0.25, 0.3) is 0 Å². The van der Waals surface area contributed by atoms with Crippen LogP contribution in [0.25, 0.3) is 0 Å². The molecule has 1 fully saturated rings. The average Bonchev–Trinajstić information content (AvgIpc) is 2.71. The predicted octanol–water partition coefficient (Wildman–Crippen LogP) is 3.46. The van der Waals surface area contributed by atoms with Crippen molar-refractivity contribution in [3.05, 3.63) is 35.4 Å². The molecule has 0 bridgehead atoms. The zero-order valence-electron chi connectivity index (χ0n) is 13.0. The first-order valence-corrected chi connectivity index (χ1v) is 7.70. The van der Waals surface area contributed by atoms with Crippen molar-refractivity contribution in [3.8, 4) is 0 Å². The Hall–Kier alpha value is -1.06. The van der Waals surface area contributed by atoms with Crippen molar-refractivity contribution in [3.63, 3.8) is 0 Å². The number of likely N-dealkylation sites (tertiary alicyclic amines) is 1. The van der Waals surface area contributed by atoms with Crippen LogP contribution in [0.2, 0.25) is 0 Å². The highest BCUT2D eigenvalue weighted by Gasteiger charge is 2.29. The van der Waals surface area contributed by atoms with E-state index in [4.69, 9.17) is 5.73 Å². The van der Waals surface area contributed by atoms with E-state index in [0.717, 1.165) is 19.4 Å². The van der Waals surface area contributed by atoms with Gasteiger partial charge in [0.05, 0.1) is 6.04 Å². The quantitative estimate of drug-likeness (QED) is 0.929. The van der Waals surface area contributed by atoms with E-state index in [-0.39, 0.29) is 30.3 Å². The molecule has 0 aromatic heterocycles. The summed E-state index contributed by atoms with van der Waals surface area (Å²) < 4.78 is 0. The van der Waals surface area contributed by atoms with Gasteiger partial charge in [0, 0.05) is 19.0 Å². The first-order valence-electron chi connectivity index (χ1n) is 7.70. The summed E-state index contributed by atoms with van der Waals surface area (Å²) in [6, 6.07) is 8.78. The van der Waals surface area contributed by atoms with E-state index in [1.807, 2.05) is 6.92 Å². The summed E-state index contributed by atoms with van der Waals surface area (Å²) in [7, 11) is 0. The molecule has 3 nitrogen and oxygen atoms in total. The normalized spacial score (nSPS) is 20.3. The highest BCUT2D eigenvalue weighted by Crippen LogP contribution is 2.31. The number of amides is 1. The van der Waals surface area contributed by atoms with Crippen LogP contribution in [0.4, 0.5) is 0 Å². The third-order valence-electron chi connectivity index (χ3n) is 4.24. The molecule has 21 heavy (non-hydrogen) atoms. The zero-order chi connectivity index (χ0) is 14.5. The smallest absolute Gasteiger partial charge is 0.227 e. The van der Waals surface area contributed by atoms with Gasteiger partial charge >= 0.3 is 0 Å². The summed E-state index contributed by atoms with van der Waals surface area (Å²) in [5.41, 5.74) is 8.20. The van der Waals surface area contributed by atoms with Gasteiger partial charge in [-0.05, 0) is 25.3 Å². The number of benzene rings is 1. The van der Waals surface area contributed by atoms with Crippen LogP contribution in [-0.4, -0.2) is 23.9 Å². The topological polar surface area (TPSA) is 46.3 Å². The summed E-state index contributed by atoms with van der Waals surface area (Å²) in [6.45, 7) is 5.33. The number of nitrogens with two attached hydrogens (primary N) is 1. The lowest BCUT2D eigenvalue weighted by molar-refractivity contribution is -0.137. The third kappa shape index (κ3) is 4.45. The van der Waals surface area contributed by atoms with Crippen molar-refractivity contribution in [1.82, 2.24) is 4.90 Å². The van der Waals surface area contributed by atoms with E-state index < -0.39 is 0 Å². The molecule has 2 unspecified atom stereocenters. The molecule has 4 heteroatoms. The van der Waals surface area contributed by atoms with Crippen LogP contribution in [0.15, 0.2) is 24.3 Å². The minimum absolute atomic E-state index is 0. The number of halogens is 1. The number of carbonyl (C=O) groups excluding carboxylic acids is 1. The fraction of sp³-hybridized carbons (Fsp3) is 0.588. The SMILES string of the molecule is Cc1cccc(C2CCCCCN2C(=O)C(C)CN)c1.Cl. The van der Waals surface area contributed by atoms with Gasteiger partial charge in [-0.25, -0.2) is 0 Å². The highest BCUT2D eigenvalue weighted by molar-refractivity contribution is 5.85. The van der Waals surface area contributed by atoms with E-state index in [2.05, 4.69) is 36.1 Å². The highest BCUT2D eigenvalue weighted by atomic mass is 35.5. The minimum Gasteiger partial charge on any atom is -0.335 e. The number of hydrogen-bond acceptors (Lipinski definition) is 2. The van der Waals surface area contributed by atoms with Gasteiger partial charge in [-0.3, -0.25) is 4.79 Å². The molecule has 0 radical (unpaired) electrons. The maximum Gasteiger partial charge on any atom is 0.227 e. The second-order valence-corrected chi connectivity index (χ2v) is 5.95. The van der Waals surface area contributed by atoms with Crippen LogP contribution >= 0.6 is 12.4 Å². The lowest BCUT2D eigenvalue weighted by Crippen LogP contribution is -2.40. The third-order valence-corrected chi connectivity index (χ3v) is 4.24. The Morgan fingerprint density at radius 2 is 2.14 bits per heavy atom. The molecule has 2 atom stereocenters. The predicted molar refractivity (Wildman–Crippen MR) is 89.6 cm³/mol. The maximum absolute atomic E-state index is 12.6. The number of rotatable bonds is 3. The van der Waals surface area contributed by atoms with Gasteiger partial charge in [-0.15, -0.1) is 12.4 Å². The Kier molecular flexibility index (Phi) is 7.20. The summed E-state index contributed by atoms with van der Waals surface area (Å²) in [5.74, 6) is 0.126. The first kappa shape index (κ1) is 18.0. The number of nitrogens with zero attached hydrogens (tertiary/aromatic N) is 1. The Labute approximate surface area is 134 Å². The molecule has 0 saturated carbocycles. The Bertz CT molecular complexity index is 464. The summed E-state index contributed by atoms with van der Waals surface area (Å²) in [5, 5.41) is 0. The van der Waals surface area contributed by atoms with Crippen molar-refractivity contribution in [1.29, 1.82) is 0 Å². The van der Waals surface area contributed by atoms with Crippen molar-refractivity contribution in [2.75, 3.05) is 13.1 Å². The van der Waals surface area contributed by atoms with E-state index >= 15 is 0 Å². The monoisotopic (exact) mass is 310 g/mol.